The molecule has 0 radical (unpaired) electrons. The molecule has 1 aliphatic rings. The number of nitrogens with one attached hydrogen (secondary N) is 2. The summed E-state index contributed by atoms with van der Waals surface area (Å²) >= 11 is 7.26. The molecule has 6 heteroatoms. The molecule has 4 rings (SSSR count). The second-order valence-corrected chi connectivity index (χ2v) is 7.55. The van der Waals surface area contributed by atoms with Crippen LogP contribution in [-0.4, -0.2) is 15.1 Å². The summed E-state index contributed by atoms with van der Waals surface area (Å²) in [6, 6.07) is 8.16. The third-order valence-corrected chi connectivity index (χ3v) is 5.70. The van der Waals surface area contributed by atoms with Crippen molar-refractivity contribution in [1.29, 1.82) is 0 Å². The van der Waals surface area contributed by atoms with Crippen LogP contribution in [0.25, 0.3) is 10.2 Å². The monoisotopic (exact) mass is 354 g/mol. The first-order valence-corrected chi connectivity index (χ1v) is 9.33. The van der Waals surface area contributed by atoms with E-state index >= 15 is 0 Å². The minimum Gasteiger partial charge on any atom is -0.332 e. The maximum absolute atomic E-state index is 5.46. The molecular weight excluding hydrogens is 336 g/mol. The highest BCUT2D eigenvalue weighted by molar-refractivity contribution is 7.80. The van der Waals surface area contributed by atoms with Gasteiger partial charge < -0.3 is 10.6 Å². The van der Waals surface area contributed by atoms with Crippen LogP contribution in [-0.2, 0) is 12.8 Å². The Bertz CT molecular complexity index is 899. The average molecular weight is 355 g/mol. The van der Waals surface area contributed by atoms with Gasteiger partial charge in [0.15, 0.2) is 5.11 Å². The zero-order chi connectivity index (χ0) is 16.5. The summed E-state index contributed by atoms with van der Waals surface area (Å²) in [5.41, 5.74) is 3.60. The highest BCUT2D eigenvalue weighted by Gasteiger charge is 2.20. The zero-order valence-corrected chi connectivity index (χ0v) is 15.1. The van der Waals surface area contributed by atoms with Gasteiger partial charge in [0, 0.05) is 10.6 Å². The fourth-order valence-electron chi connectivity index (χ4n) is 3.09. The number of thiophene rings is 1. The molecule has 0 aliphatic heterocycles. The van der Waals surface area contributed by atoms with Crippen molar-refractivity contribution in [3.05, 3.63) is 46.6 Å². The van der Waals surface area contributed by atoms with Gasteiger partial charge in [-0.15, -0.1) is 11.3 Å². The highest BCUT2D eigenvalue weighted by atomic mass is 32.1. The first-order valence-electron chi connectivity index (χ1n) is 8.10. The van der Waals surface area contributed by atoms with Crippen molar-refractivity contribution in [2.75, 3.05) is 10.6 Å². The Morgan fingerprint density at radius 2 is 1.88 bits per heavy atom. The number of hydrogen-bond acceptors (Lipinski definition) is 4. The van der Waals surface area contributed by atoms with E-state index in [0.717, 1.165) is 34.6 Å². The van der Waals surface area contributed by atoms with Crippen LogP contribution >= 0.6 is 23.6 Å². The lowest BCUT2D eigenvalue weighted by molar-refractivity contribution is 0.700. The van der Waals surface area contributed by atoms with Gasteiger partial charge in [0.25, 0.3) is 0 Å². The van der Waals surface area contributed by atoms with E-state index in [9.17, 15) is 0 Å². The number of thiocarbonyl (C=S) groups is 1. The minimum absolute atomic E-state index is 0.551. The summed E-state index contributed by atoms with van der Waals surface area (Å²) in [5, 5.41) is 8.17. The third-order valence-electron chi connectivity index (χ3n) is 4.29. The summed E-state index contributed by atoms with van der Waals surface area (Å²) in [6.45, 7) is 2.07. The molecule has 0 fully saturated rings. The number of anilines is 2. The zero-order valence-electron chi connectivity index (χ0n) is 13.4. The third kappa shape index (κ3) is 2.99. The summed E-state index contributed by atoms with van der Waals surface area (Å²) < 4.78 is 0. The van der Waals surface area contributed by atoms with E-state index in [4.69, 9.17) is 12.2 Å². The topological polar surface area (TPSA) is 49.8 Å². The predicted molar refractivity (Wildman–Crippen MR) is 105 cm³/mol. The van der Waals surface area contributed by atoms with Crippen LogP contribution in [0.2, 0.25) is 0 Å². The normalized spacial score (nSPS) is 13.5. The molecule has 2 N–H and O–H groups in total. The molecule has 3 aromatic rings. The maximum atomic E-state index is 5.46. The Morgan fingerprint density at radius 3 is 2.71 bits per heavy atom. The van der Waals surface area contributed by atoms with E-state index in [1.54, 1.807) is 17.7 Å². The van der Waals surface area contributed by atoms with Gasteiger partial charge in [-0.05, 0) is 62.5 Å². The first kappa shape index (κ1) is 15.5. The van der Waals surface area contributed by atoms with Crippen molar-refractivity contribution in [2.45, 2.75) is 32.6 Å². The van der Waals surface area contributed by atoms with Gasteiger partial charge in [-0.2, -0.15) is 0 Å². The van der Waals surface area contributed by atoms with Crippen LogP contribution in [0.3, 0.4) is 0 Å². The molecule has 0 spiro atoms. The quantitative estimate of drug-likeness (QED) is 0.654. The number of hydrogen-bond donors (Lipinski definition) is 2. The van der Waals surface area contributed by atoms with E-state index in [2.05, 4.69) is 39.7 Å². The van der Waals surface area contributed by atoms with Crippen LogP contribution in [0, 0.1) is 6.92 Å². The Hall–Kier alpha value is -2.05. The van der Waals surface area contributed by atoms with E-state index < -0.39 is 0 Å². The van der Waals surface area contributed by atoms with Crippen LogP contribution in [0.5, 0.6) is 0 Å². The first-order chi connectivity index (χ1) is 11.7. The number of fused-ring (bicyclic) bond motifs is 3. The van der Waals surface area contributed by atoms with Crippen LogP contribution in [0.4, 0.5) is 11.5 Å². The second kappa shape index (κ2) is 6.45. The Morgan fingerprint density at radius 1 is 1.08 bits per heavy atom. The highest BCUT2D eigenvalue weighted by Crippen LogP contribution is 2.38. The van der Waals surface area contributed by atoms with Gasteiger partial charge >= 0.3 is 0 Å². The van der Waals surface area contributed by atoms with Crippen molar-refractivity contribution in [1.82, 2.24) is 9.97 Å². The van der Waals surface area contributed by atoms with Gasteiger partial charge in [-0.25, -0.2) is 9.97 Å². The second-order valence-electron chi connectivity index (χ2n) is 6.06. The van der Waals surface area contributed by atoms with Crippen LogP contribution < -0.4 is 10.6 Å². The molecule has 1 aromatic carbocycles. The summed E-state index contributed by atoms with van der Waals surface area (Å²) in [7, 11) is 0. The van der Waals surface area contributed by atoms with Gasteiger partial charge in [0.2, 0.25) is 0 Å². The molecule has 2 heterocycles. The van der Waals surface area contributed by atoms with E-state index in [-0.39, 0.29) is 0 Å². The number of benzene rings is 1. The van der Waals surface area contributed by atoms with Crippen molar-refractivity contribution in [2.24, 2.45) is 0 Å². The maximum Gasteiger partial charge on any atom is 0.176 e. The lowest BCUT2D eigenvalue weighted by Crippen LogP contribution is -2.20. The van der Waals surface area contributed by atoms with Crippen LogP contribution in [0.1, 0.15) is 28.8 Å². The van der Waals surface area contributed by atoms with Crippen molar-refractivity contribution >= 4 is 50.4 Å². The van der Waals surface area contributed by atoms with Gasteiger partial charge in [0.05, 0.1) is 5.39 Å². The van der Waals surface area contributed by atoms with E-state index in [1.165, 1.54) is 28.8 Å². The Kier molecular flexibility index (Phi) is 4.16. The molecule has 1 aliphatic carbocycles. The fourth-order valence-corrected chi connectivity index (χ4v) is 4.54. The molecular formula is C18H18N4S2. The summed E-state index contributed by atoms with van der Waals surface area (Å²) in [6.07, 6.45) is 6.38. The minimum atomic E-state index is 0.551. The van der Waals surface area contributed by atoms with Gasteiger partial charge in [-0.3, -0.25) is 0 Å². The number of rotatable bonds is 2. The summed E-state index contributed by atoms with van der Waals surface area (Å²) in [5.74, 6) is 0.809. The molecule has 24 heavy (non-hydrogen) atoms. The lowest BCUT2D eigenvalue weighted by atomic mass is 9.97. The number of aryl methyl sites for hydroxylation is 3. The van der Waals surface area contributed by atoms with Crippen LogP contribution in [0.15, 0.2) is 30.6 Å². The summed E-state index contributed by atoms with van der Waals surface area (Å²) in [4.78, 5) is 11.4. The molecule has 0 atom stereocenters. The standard InChI is InChI=1S/C18H18N4S2/c1-11-6-8-12(9-7-11)21-18(23)22-16-15-13-4-2-3-5-14(13)24-17(15)20-10-19-16/h6-10H,2-5H2,1H3,(H2,19,20,21,22,23). The molecule has 122 valence electrons. The van der Waals surface area contributed by atoms with Gasteiger partial charge in [-0.1, -0.05) is 17.7 Å². The fraction of sp³-hybridized carbons (Fsp3) is 0.278. The number of nitrogens with zero attached hydrogens (tertiary/aromatic N) is 2. The lowest BCUT2D eigenvalue weighted by Gasteiger charge is -2.13. The average Bonchev–Trinajstić information content (AvgIpc) is 2.96. The molecule has 4 nitrogen and oxygen atoms in total. The van der Waals surface area contributed by atoms with Gasteiger partial charge in [0.1, 0.15) is 17.0 Å². The molecule has 0 amide bonds. The largest absolute Gasteiger partial charge is 0.332 e. The molecule has 0 unspecified atom stereocenters. The smallest absolute Gasteiger partial charge is 0.176 e. The Labute approximate surface area is 150 Å². The molecule has 0 saturated heterocycles. The molecule has 2 aromatic heterocycles. The molecule has 0 bridgehead atoms. The van der Waals surface area contributed by atoms with E-state index in [1.807, 2.05) is 12.1 Å². The van der Waals surface area contributed by atoms with Crippen molar-refractivity contribution in [3.8, 4) is 0 Å². The predicted octanol–water partition coefficient (Wildman–Crippen LogP) is 4.69. The molecule has 0 saturated carbocycles. The SMILES string of the molecule is Cc1ccc(NC(=S)Nc2ncnc3sc4c(c23)CCCC4)cc1. The Balaban J connectivity index is 1.61. The van der Waals surface area contributed by atoms with Crippen molar-refractivity contribution in [3.63, 3.8) is 0 Å². The number of aromatic nitrogens is 2. The van der Waals surface area contributed by atoms with Crippen molar-refractivity contribution < 1.29 is 0 Å². The van der Waals surface area contributed by atoms with E-state index in [0.29, 0.717) is 5.11 Å².